The maximum absolute atomic E-state index is 12.3. The molecule has 0 fully saturated rings. The number of nitrogens with one attached hydrogen (secondary N) is 1. The Hall–Kier alpha value is -2.63. The number of fused-ring (bicyclic) bond motifs is 1. The summed E-state index contributed by atoms with van der Waals surface area (Å²) >= 11 is 0. The van der Waals surface area contributed by atoms with Gasteiger partial charge in [0.2, 0.25) is 5.91 Å². The van der Waals surface area contributed by atoms with Gasteiger partial charge in [0.1, 0.15) is 11.8 Å². The topological polar surface area (TPSA) is 92.4 Å². The van der Waals surface area contributed by atoms with Crippen molar-refractivity contribution in [2.24, 2.45) is 0 Å². The molecule has 0 bridgehead atoms. The van der Waals surface area contributed by atoms with Crippen molar-refractivity contribution in [2.45, 2.75) is 64.3 Å². The van der Waals surface area contributed by atoms with Gasteiger partial charge in [0, 0.05) is 12.0 Å². The molecule has 2 unspecified atom stereocenters. The number of benzene rings is 1. The van der Waals surface area contributed by atoms with E-state index in [2.05, 4.69) is 22.6 Å². The fourth-order valence-corrected chi connectivity index (χ4v) is 3.97. The molecule has 2 aromatic rings. The summed E-state index contributed by atoms with van der Waals surface area (Å²) in [7, 11) is 0. The van der Waals surface area contributed by atoms with Crippen LogP contribution in [-0.2, 0) is 22.4 Å². The van der Waals surface area contributed by atoms with Gasteiger partial charge in [-0.15, -0.1) is 0 Å². The molecule has 1 aliphatic rings. The van der Waals surface area contributed by atoms with Crippen LogP contribution in [0.2, 0.25) is 0 Å². The third kappa shape index (κ3) is 4.56. The van der Waals surface area contributed by atoms with Crippen molar-refractivity contribution in [1.29, 1.82) is 0 Å². The number of aliphatic carboxylic acids is 1. The number of carboxylic acid groups (broad SMARTS) is 1. The van der Waals surface area contributed by atoms with E-state index in [-0.39, 0.29) is 18.2 Å². The SMILES string of the molecule is Cc1noc(C)c1CCC(=O)NC(CC1CCCc2ccccc21)C(=O)O. The Morgan fingerprint density at radius 3 is 2.81 bits per heavy atom. The molecular formula is C21H26N2O4. The Bertz CT molecular complexity index is 808. The molecule has 1 aliphatic carbocycles. The smallest absolute Gasteiger partial charge is 0.326 e. The first kappa shape index (κ1) is 19.1. The molecule has 2 atom stereocenters. The molecule has 6 heteroatoms. The van der Waals surface area contributed by atoms with Gasteiger partial charge >= 0.3 is 5.97 Å². The number of amides is 1. The largest absolute Gasteiger partial charge is 0.480 e. The van der Waals surface area contributed by atoms with Gasteiger partial charge in [0.05, 0.1) is 5.69 Å². The second-order valence-corrected chi connectivity index (χ2v) is 7.28. The van der Waals surface area contributed by atoms with E-state index in [1.165, 1.54) is 11.1 Å². The van der Waals surface area contributed by atoms with Crippen LogP contribution in [0.5, 0.6) is 0 Å². The third-order valence-corrected chi connectivity index (χ3v) is 5.43. The first-order valence-electron chi connectivity index (χ1n) is 9.47. The maximum Gasteiger partial charge on any atom is 0.326 e. The van der Waals surface area contributed by atoms with E-state index in [1.54, 1.807) is 0 Å². The first-order chi connectivity index (χ1) is 13.0. The first-order valence-corrected chi connectivity index (χ1v) is 9.47. The summed E-state index contributed by atoms with van der Waals surface area (Å²) in [5.41, 5.74) is 4.20. The summed E-state index contributed by atoms with van der Waals surface area (Å²) in [6, 6.07) is 7.33. The van der Waals surface area contributed by atoms with E-state index in [0.29, 0.717) is 18.6 Å². The highest BCUT2D eigenvalue weighted by Gasteiger charge is 2.28. The third-order valence-electron chi connectivity index (χ3n) is 5.43. The molecule has 3 rings (SSSR count). The quantitative estimate of drug-likeness (QED) is 0.780. The standard InChI is InChI=1S/C21H26N2O4/c1-13-17(14(2)27-23-13)10-11-20(24)22-19(21(25)26)12-16-8-5-7-15-6-3-4-9-18(15)16/h3-4,6,9,16,19H,5,7-8,10-12H2,1-2H3,(H,22,24)(H,25,26). The van der Waals surface area contributed by atoms with Gasteiger partial charge in [-0.3, -0.25) is 4.79 Å². The van der Waals surface area contributed by atoms with E-state index >= 15 is 0 Å². The highest BCUT2D eigenvalue weighted by atomic mass is 16.5. The van der Waals surface area contributed by atoms with Crippen LogP contribution in [0.4, 0.5) is 0 Å². The minimum atomic E-state index is -0.983. The number of nitrogens with zero attached hydrogens (tertiary/aromatic N) is 1. The number of hydrogen-bond acceptors (Lipinski definition) is 4. The van der Waals surface area contributed by atoms with E-state index in [1.807, 2.05) is 26.0 Å². The van der Waals surface area contributed by atoms with Crippen molar-refractivity contribution in [1.82, 2.24) is 10.5 Å². The van der Waals surface area contributed by atoms with E-state index < -0.39 is 12.0 Å². The summed E-state index contributed by atoms with van der Waals surface area (Å²) in [6.07, 6.45) is 4.17. The summed E-state index contributed by atoms with van der Waals surface area (Å²) in [5, 5.41) is 16.2. The fourth-order valence-electron chi connectivity index (χ4n) is 3.97. The second-order valence-electron chi connectivity index (χ2n) is 7.28. The van der Waals surface area contributed by atoms with Crippen LogP contribution in [0.3, 0.4) is 0 Å². The van der Waals surface area contributed by atoms with Gasteiger partial charge < -0.3 is 14.9 Å². The molecule has 0 spiro atoms. The van der Waals surface area contributed by atoms with Crippen molar-refractivity contribution in [2.75, 3.05) is 0 Å². The van der Waals surface area contributed by atoms with Gasteiger partial charge in [-0.05, 0) is 63.0 Å². The molecule has 27 heavy (non-hydrogen) atoms. The van der Waals surface area contributed by atoms with Crippen molar-refractivity contribution >= 4 is 11.9 Å². The molecular weight excluding hydrogens is 344 g/mol. The normalized spacial score (nSPS) is 17.2. The van der Waals surface area contributed by atoms with Gasteiger partial charge in [0.25, 0.3) is 0 Å². The van der Waals surface area contributed by atoms with Crippen LogP contribution in [0, 0.1) is 13.8 Å². The lowest BCUT2D eigenvalue weighted by atomic mass is 9.79. The number of rotatable bonds is 7. The molecule has 2 N–H and O–H groups in total. The maximum atomic E-state index is 12.3. The van der Waals surface area contributed by atoms with Crippen LogP contribution in [0.15, 0.2) is 28.8 Å². The van der Waals surface area contributed by atoms with Crippen LogP contribution in [0.1, 0.15) is 59.7 Å². The second kappa shape index (κ2) is 8.37. The highest BCUT2D eigenvalue weighted by molar-refractivity contribution is 5.83. The minimum absolute atomic E-state index is 0.166. The number of carboxylic acids is 1. The van der Waals surface area contributed by atoms with Gasteiger partial charge in [-0.25, -0.2) is 4.79 Å². The van der Waals surface area contributed by atoms with Crippen molar-refractivity contribution in [3.05, 3.63) is 52.4 Å². The zero-order valence-corrected chi connectivity index (χ0v) is 15.8. The Morgan fingerprint density at radius 1 is 1.33 bits per heavy atom. The molecule has 1 aromatic heterocycles. The van der Waals surface area contributed by atoms with Crippen molar-refractivity contribution in [3.8, 4) is 0 Å². The van der Waals surface area contributed by atoms with E-state index in [0.717, 1.165) is 30.5 Å². The van der Waals surface area contributed by atoms with Crippen LogP contribution in [0.25, 0.3) is 0 Å². The minimum Gasteiger partial charge on any atom is -0.480 e. The lowest BCUT2D eigenvalue weighted by molar-refractivity contribution is -0.142. The van der Waals surface area contributed by atoms with Crippen LogP contribution in [-0.4, -0.2) is 28.2 Å². The number of carbonyl (C=O) groups is 2. The van der Waals surface area contributed by atoms with Crippen LogP contribution >= 0.6 is 0 Å². The predicted octanol–water partition coefficient (Wildman–Crippen LogP) is 3.30. The molecule has 0 saturated heterocycles. The number of aromatic nitrogens is 1. The Labute approximate surface area is 158 Å². The van der Waals surface area contributed by atoms with Crippen LogP contribution < -0.4 is 5.32 Å². The lowest BCUT2D eigenvalue weighted by Crippen LogP contribution is -2.42. The lowest BCUT2D eigenvalue weighted by Gasteiger charge is -2.28. The average molecular weight is 370 g/mol. The molecule has 0 aliphatic heterocycles. The molecule has 6 nitrogen and oxygen atoms in total. The van der Waals surface area contributed by atoms with E-state index in [9.17, 15) is 14.7 Å². The molecule has 1 aromatic carbocycles. The van der Waals surface area contributed by atoms with Gasteiger partial charge in [-0.2, -0.15) is 0 Å². The van der Waals surface area contributed by atoms with Gasteiger partial charge in [-0.1, -0.05) is 29.4 Å². The molecule has 0 radical (unpaired) electrons. The molecule has 144 valence electrons. The fraction of sp³-hybridized carbons (Fsp3) is 0.476. The summed E-state index contributed by atoms with van der Waals surface area (Å²) < 4.78 is 5.10. The highest BCUT2D eigenvalue weighted by Crippen LogP contribution is 2.34. The average Bonchev–Trinajstić information content (AvgIpc) is 2.97. The molecule has 1 heterocycles. The Morgan fingerprint density at radius 2 is 2.11 bits per heavy atom. The number of carbonyl (C=O) groups excluding carboxylic acids is 1. The molecule has 0 saturated carbocycles. The van der Waals surface area contributed by atoms with Gasteiger partial charge in [0.15, 0.2) is 0 Å². The Balaban J connectivity index is 1.61. The van der Waals surface area contributed by atoms with E-state index in [4.69, 9.17) is 4.52 Å². The summed E-state index contributed by atoms with van der Waals surface area (Å²) in [4.78, 5) is 24.1. The molecule has 1 amide bonds. The monoisotopic (exact) mass is 370 g/mol. The Kier molecular flexibility index (Phi) is 5.94. The zero-order valence-electron chi connectivity index (χ0n) is 15.8. The number of hydrogen-bond donors (Lipinski definition) is 2. The van der Waals surface area contributed by atoms with Crippen molar-refractivity contribution in [3.63, 3.8) is 0 Å². The predicted molar refractivity (Wildman–Crippen MR) is 101 cm³/mol. The zero-order chi connectivity index (χ0) is 19.4. The number of aryl methyl sites for hydroxylation is 3. The van der Waals surface area contributed by atoms with Crippen molar-refractivity contribution < 1.29 is 19.2 Å². The summed E-state index contributed by atoms with van der Waals surface area (Å²) in [5.74, 6) is -0.372. The summed E-state index contributed by atoms with van der Waals surface area (Å²) in [6.45, 7) is 3.65.